The second kappa shape index (κ2) is 3.85. The monoisotopic (exact) mass is 132 g/mol. The van der Waals surface area contributed by atoms with E-state index in [0.29, 0.717) is 6.42 Å². The molecular formula is C7H16O2. The van der Waals surface area contributed by atoms with Gasteiger partial charge in [0.2, 0.25) is 0 Å². The molecule has 0 saturated heterocycles. The van der Waals surface area contributed by atoms with Crippen molar-refractivity contribution < 1.29 is 10.2 Å². The molecule has 9 heavy (non-hydrogen) atoms. The van der Waals surface area contributed by atoms with Crippen LogP contribution >= 0.6 is 0 Å². The summed E-state index contributed by atoms with van der Waals surface area (Å²) in [7, 11) is 0. The maximum absolute atomic E-state index is 8.96. The van der Waals surface area contributed by atoms with E-state index in [4.69, 9.17) is 10.2 Å². The Morgan fingerprint density at radius 3 is 1.67 bits per heavy atom. The van der Waals surface area contributed by atoms with E-state index in [1.54, 1.807) is 13.8 Å². The largest absolute Gasteiger partial charge is 0.393 e. The first-order chi connectivity index (χ1) is 4.04. The zero-order valence-corrected chi connectivity index (χ0v) is 6.33. The zero-order valence-electron chi connectivity index (χ0n) is 6.33. The van der Waals surface area contributed by atoms with Gasteiger partial charge in [0.1, 0.15) is 0 Å². The van der Waals surface area contributed by atoms with Gasteiger partial charge in [-0.15, -0.1) is 0 Å². The Bertz CT molecular complexity index is 69.3. The van der Waals surface area contributed by atoms with E-state index >= 15 is 0 Å². The molecule has 2 heteroatoms. The Hall–Kier alpha value is -0.0800. The van der Waals surface area contributed by atoms with E-state index in [9.17, 15) is 0 Å². The molecule has 0 aromatic rings. The van der Waals surface area contributed by atoms with Crippen molar-refractivity contribution in [2.45, 2.75) is 39.4 Å². The Kier molecular flexibility index (Phi) is 3.82. The van der Waals surface area contributed by atoms with E-state index in [1.165, 1.54) is 0 Å². The lowest BCUT2D eigenvalue weighted by Crippen LogP contribution is -2.17. The van der Waals surface area contributed by atoms with Crippen LogP contribution in [0, 0.1) is 5.92 Å². The summed E-state index contributed by atoms with van der Waals surface area (Å²) in [6, 6.07) is 0. The van der Waals surface area contributed by atoms with Crippen molar-refractivity contribution in [3.05, 3.63) is 0 Å². The van der Waals surface area contributed by atoms with Gasteiger partial charge >= 0.3 is 0 Å². The molecule has 0 spiro atoms. The molecular weight excluding hydrogens is 116 g/mol. The van der Waals surface area contributed by atoms with E-state index in [0.717, 1.165) is 0 Å². The van der Waals surface area contributed by atoms with Gasteiger partial charge in [-0.25, -0.2) is 0 Å². The molecule has 0 saturated carbocycles. The lowest BCUT2D eigenvalue weighted by atomic mass is 10.00. The average Bonchev–Trinajstić information content (AvgIpc) is 1.63. The quantitative estimate of drug-likeness (QED) is 0.595. The third-order valence-electron chi connectivity index (χ3n) is 1.54. The van der Waals surface area contributed by atoms with Gasteiger partial charge < -0.3 is 10.2 Å². The van der Waals surface area contributed by atoms with Crippen molar-refractivity contribution in [2.24, 2.45) is 5.92 Å². The molecule has 0 aliphatic rings. The van der Waals surface area contributed by atoms with Crippen LogP contribution in [-0.2, 0) is 0 Å². The van der Waals surface area contributed by atoms with Crippen LogP contribution in [0.5, 0.6) is 0 Å². The van der Waals surface area contributed by atoms with E-state index < -0.39 is 0 Å². The lowest BCUT2D eigenvalue weighted by molar-refractivity contribution is 0.0876. The molecule has 0 fully saturated rings. The van der Waals surface area contributed by atoms with Crippen LogP contribution in [0.15, 0.2) is 0 Å². The number of rotatable bonds is 3. The smallest absolute Gasteiger partial charge is 0.0538 e. The summed E-state index contributed by atoms with van der Waals surface area (Å²) in [4.78, 5) is 0. The van der Waals surface area contributed by atoms with Crippen molar-refractivity contribution in [3.63, 3.8) is 0 Å². The van der Waals surface area contributed by atoms with Crippen molar-refractivity contribution in [1.82, 2.24) is 0 Å². The Labute approximate surface area is 56.5 Å². The lowest BCUT2D eigenvalue weighted by Gasteiger charge is -2.15. The molecule has 0 radical (unpaired) electrons. The van der Waals surface area contributed by atoms with E-state index in [-0.39, 0.29) is 18.1 Å². The highest BCUT2D eigenvalue weighted by Crippen LogP contribution is 2.09. The number of aliphatic hydroxyl groups is 2. The van der Waals surface area contributed by atoms with Crippen LogP contribution in [0.25, 0.3) is 0 Å². The highest BCUT2D eigenvalue weighted by molar-refractivity contribution is 4.61. The highest BCUT2D eigenvalue weighted by atomic mass is 16.3. The summed E-state index contributed by atoms with van der Waals surface area (Å²) in [5.41, 5.74) is 0. The SMILES string of the molecule is C[C@H](O)C[C@H](C)[C@@H](C)O. The first kappa shape index (κ1) is 8.92. The van der Waals surface area contributed by atoms with Crippen LogP contribution < -0.4 is 0 Å². The predicted molar refractivity (Wildman–Crippen MR) is 37.1 cm³/mol. The molecule has 3 atom stereocenters. The topological polar surface area (TPSA) is 40.5 Å². The summed E-state index contributed by atoms with van der Waals surface area (Å²) in [5.74, 6) is 0.199. The second-order valence-electron chi connectivity index (χ2n) is 2.80. The van der Waals surface area contributed by atoms with Crippen molar-refractivity contribution in [1.29, 1.82) is 0 Å². The van der Waals surface area contributed by atoms with E-state index in [1.807, 2.05) is 6.92 Å². The summed E-state index contributed by atoms with van der Waals surface area (Å²) >= 11 is 0. The highest BCUT2D eigenvalue weighted by Gasteiger charge is 2.10. The number of hydrogen-bond acceptors (Lipinski definition) is 2. The molecule has 0 bridgehead atoms. The molecule has 0 rings (SSSR count). The fourth-order valence-electron chi connectivity index (χ4n) is 0.735. The van der Waals surface area contributed by atoms with Gasteiger partial charge in [0.25, 0.3) is 0 Å². The average molecular weight is 132 g/mol. The number of aliphatic hydroxyl groups excluding tert-OH is 2. The first-order valence-corrected chi connectivity index (χ1v) is 3.40. The van der Waals surface area contributed by atoms with Gasteiger partial charge in [-0.3, -0.25) is 0 Å². The summed E-state index contributed by atoms with van der Waals surface area (Å²) in [5, 5.41) is 17.8. The fourth-order valence-corrected chi connectivity index (χ4v) is 0.735. The maximum Gasteiger partial charge on any atom is 0.0538 e. The third-order valence-corrected chi connectivity index (χ3v) is 1.54. The zero-order chi connectivity index (χ0) is 7.44. The van der Waals surface area contributed by atoms with Crippen LogP contribution in [0.4, 0.5) is 0 Å². The van der Waals surface area contributed by atoms with Gasteiger partial charge in [-0.2, -0.15) is 0 Å². The molecule has 2 nitrogen and oxygen atoms in total. The molecule has 0 aromatic carbocycles. The molecule has 2 N–H and O–H groups in total. The van der Waals surface area contributed by atoms with Gasteiger partial charge in [0.15, 0.2) is 0 Å². The van der Waals surface area contributed by atoms with Gasteiger partial charge in [-0.1, -0.05) is 6.92 Å². The molecule has 0 aliphatic carbocycles. The molecule has 0 amide bonds. The second-order valence-corrected chi connectivity index (χ2v) is 2.80. The summed E-state index contributed by atoms with van der Waals surface area (Å²) in [6.07, 6.45) is 0.0756. The van der Waals surface area contributed by atoms with Crippen LogP contribution in [0.2, 0.25) is 0 Å². The van der Waals surface area contributed by atoms with Gasteiger partial charge in [0.05, 0.1) is 12.2 Å². The Morgan fingerprint density at radius 1 is 1.11 bits per heavy atom. The fraction of sp³-hybridized carbons (Fsp3) is 1.00. The standard InChI is InChI=1S/C7H16O2/c1-5(7(3)9)4-6(2)8/h5-9H,4H2,1-3H3/t5-,6-,7+/m0/s1. The molecule has 0 aromatic heterocycles. The van der Waals surface area contributed by atoms with Crippen LogP contribution in [-0.4, -0.2) is 22.4 Å². The molecule has 0 unspecified atom stereocenters. The summed E-state index contributed by atoms with van der Waals surface area (Å²) < 4.78 is 0. The maximum atomic E-state index is 8.96. The Morgan fingerprint density at radius 2 is 1.56 bits per heavy atom. The van der Waals surface area contributed by atoms with Crippen LogP contribution in [0.3, 0.4) is 0 Å². The Balaban J connectivity index is 3.38. The molecule has 0 heterocycles. The van der Waals surface area contributed by atoms with Gasteiger partial charge in [0, 0.05) is 0 Å². The normalized spacial score (nSPS) is 21.0. The molecule has 0 aliphatic heterocycles. The minimum absolute atomic E-state index is 0.199. The van der Waals surface area contributed by atoms with Crippen LogP contribution in [0.1, 0.15) is 27.2 Å². The van der Waals surface area contributed by atoms with E-state index in [2.05, 4.69) is 0 Å². The minimum Gasteiger partial charge on any atom is -0.393 e. The minimum atomic E-state index is -0.306. The van der Waals surface area contributed by atoms with Crippen molar-refractivity contribution in [2.75, 3.05) is 0 Å². The molecule has 56 valence electrons. The number of hydrogen-bond donors (Lipinski definition) is 2. The van der Waals surface area contributed by atoms with Gasteiger partial charge in [-0.05, 0) is 26.2 Å². The third kappa shape index (κ3) is 4.43. The van der Waals surface area contributed by atoms with Crippen molar-refractivity contribution in [3.8, 4) is 0 Å². The van der Waals surface area contributed by atoms with Crippen molar-refractivity contribution >= 4 is 0 Å². The summed E-state index contributed by atoms with van der Waals surface area (Å²) in [6.45, 7) is 5.41. The first-order valence-electron chi connectivity index (χ1n) is 3.40. The predicted octanol–water partition coefficient (Wildman–Crippen LogP) is 0.774.